The Bertz CT molecular complexity index is 678. The van der Waals surface area contributed by atoms with Crippen LogP contribution < -0.4 is 15.4 Å². The van der Waals surface area contributed by atoms with Gasteiger partial charge in [-0.2, -0.15) is 0 Å². The molecule has 0 saturated carbocycles. The smallest absolute Gasteiger partial charge is 0.237 e. The second-order valence-corrected chi connectivity index (χ2v) is 8.14. The number of hydrogen-bond donors (Lipinski definition) is 2. The minimum atomic E-state index is -0.0672. The number of carbonyl (C=O) groups is 1. The van der Waals surface area contributed by atoms with Crippen molar-refractivity contribution >= 4 is 11.6 Å². The molecular weight excluding hydrogens is 370 g/mol. The maximum absolute atomic E-state index is 12.6. The lowest BCUT2D eigenvalue weighted by atomic mass is 10.0. The fourth-order valence-corrected chi connectivity index (χ4v) is 4.37. The topological polar surface area (TPSA) is 72.1 Å². The Morgan fingerprint density at radius 2 is 1.93 bits per heavy atom. The number of benzene rings is 1. The zero-order valence-corrected chi connectivity index (χ0v) is 17.2. The summed E-state index contributed by atoms with van der Waals surface area (Å²) in [4.78, 5) is 14.9. The summed E-state index contributed by atoms with van der Waals surface area (Å²) in [6.07, 6.45) is 4.19. The van der Waals surface area contributed by atoms with Crippen molar-refractivity contribution < 1.29 is 19.0 Å². The van der Waals surface area contributed by atoms with Gasteiger partial charge in [-0.05, 0) is 56.3 Å². The fraction of sp³-hybridized carbons (Fsp3) is 0.682. The van der Waals surface area contributed by atoms with Crippen LogP contribution in [0.5, 0.6) is 5.75 Å². The summed E-state index contributed by atoms with van der Waals surface area (Å²) < 4.78 is 17.1. The average molecular weight is 404 g/mol. The predicted octanol–water partition coefficient (Wildman–Crippen LogP) is 2.01. The Morgan fingerprint density at radius 1 is 1.07 bits per heavy atom. The zero-order valence-electron chi connectivity index (χ0n) is 17.2. The molecule has 7 nitrogen and oxygen atoms in total. The molecule has 2 saturated heterocycles. The molecule has 1 atom stereocenters. The maximum atomic E-state index is 12.6. The van der Waals surface area contributed by atoms with E-state index in [1.54, 1.807) is 0 Å². The van der Waals surface area contributed by atoms with Crippen LogP contribution in [-0.2, 0) is 20.8 Å². The minimum absolute atomic E-state index is 0.0672. The van der Waals surface area contributed by atoms with Crippen LogP contribution in [0, 0.1) is 5.92 Å². The molecule has 1 amide bonds. The molecule has 1 unspecified atom stereocenters. The van der Waals surface area contributed by atoms with Gasteiger partial charge < -0.3 is 24.8 Å². The van der Waals surface area contributed by atoms with Crippen molar-refractivity contribution in [3.8, 4) is 5.75 Å². The number of nitrogens with one attached hydrogen (secondary N) is 2. The van der Waals surface area contributed by atoms with Crippen molar-refractivity contribution in [1.82, 2.24) is 10.2 Å². The SMILES string of the molecule is O=C1NCCOCCOc2ccc(NCC3CCOCC3)cc2CN2CCCC12. The molecule has 1 aromatic rings. The Labute approximate surface area is 173 Å². The number of hydrogen-bond acceptors (Lipinski definition) is 6. The highest BCUT2D eigenvalue weighted by atomic mass is 16.5. The molecule has 3 aliphatic heterocycles. The van der Waals surface area contributed by atoms with E-state index in [9.17, 15) is 4.79 Å². The predicted molar refractivity (Wildman–Crippen MR) is 111 cm³/mol. The molecule has 7 heteroatoms. The van der Waals surface area contributed by atoms with Crippen LogP contribution in [0.25, 0.3) is 0 Å². The molecule has 0 radical (unpaired) electrons. The van der Waals surface area contributed by atoms with E-state index in [2.05, 4.69) is 27.7 Å². The van der Waals surface area contributed by atoms with Crippen molar-refractivity contribution in [2.75, 3.05) is 58.0 Å². The first kappa shape index (κ1) is 20.4. The Balaban J connectivity index is 1.48. The first-order chi connectivity index (χ1) is 14.3. The van der Waals surface area contributed by atoms with Gasteiger partial charge in [0, 0.05) is 44.1 Å². The second kappa shape index (κ2) is 10.3. The van der Waals surface area contributed by atoms with Crippen molar-refractivity contribution in [2.24, 2.45) is 5.92 Å². The van der Waals surface area contributed by atoms with Crippen molar-refractivity contribution in [1.29, 1.82) is 0 Å². The van der Waals surface area contributed by atoms with E-state index in [4.69, 9.17) is 14.2 Å². The van der Waals surface area contributed by atoms with E-state index >= 15 is 0 Å². The largest absolute Gasteiger partial charge is 0.491 e. The highest BCUT2D eigenvalue weighted by Gasteiger charge is 2.31. The van der Waals surface area contributed by atoms with Gasteiger partial charge in [0.2, 0.25) is 5.91 Å². The molecule has 2 N–H and O–H groups in total. The molecule has 29 heavy (non-hydrogen) atoms. The number of ether oxygens (including phenoxy) is 3. The van der Waals surface area contributed by atoms with Crippen LogP contribution in [0.3, 0.4) is 0 Å². The van der Waals surface area contributed by atoms with Crippen molar-refractivity contribution in [2.45, 2.75) is 38.3 Å². The van der Waals surface area contributed by atoms with Crippen molar-refractivity contribution in [3.05, 3.63) is 23.8 Å². The van der Waals surface area contributed by atoms with Crippen molar-refractivity contribution in [3.63, 3.8) is 0 Å². The van der Waals surface area contributed by atoms with Crippen LogP contribution >= 0.6 is 0 Å². The molecule has 0 aromatic heterocycles. The lowest BCUT2D eigenvalue weighted by Crippen LogP contribution is -2.43. The number of anilines is 1. The third kappa shape index (κ3) is 5.62. The van der Waals surface area contributed by atoms with Gasteiger partial charge >= 0.3 is 0 Å². The van der Waals surface area contributed by atoms with E-state index in [-0.39, 0.29) is 11.9 Å². The molecular formula is C22H33N3O4. The normalized spacial score (nSPS) is 24.8. The number of nitrogens with zero attached hydrogens (tertiary/aromatic N) is 1. The summed E-state index contributed by atoms with van der Waals surface area (Å²) in [7, 11) is 0. The minimum Gasteiger partial charge on any atom is -0.491 e. The summed E-state index contributed by atoms with van der Waals surface area (Å²) in [5, 5.41) is 6.61. The third-order valence-electron chi connectivity index (χ3n) is 6.07. The van der Waals surface area contributed by atoms with E-state index < -0.39 is 0 Å². The maximum Gasteiger partial charge on any atom is 0.237 e. The molecule has 3 heterocycles. The molecule has 0 aliphatic carbocycles. The third-order valence-corrected chi connectivity index (χ3v) is 6.07. The van der Waals surface area contributed by atoms with E-state index in [1.165, 1.54) is 0 Å². The summed E-state index contributed by atoms with van der Waals surface area (Å²) >= 11 is 0. The summed E-state index contributed by atoms with van der Waals surface area (Å²) in [5.41, 5.74) is 2.24. The van der Waals surface area contributed by atoms with E-state index in [0.29, 0.717) is 32.3 Å². The molecule has 2 fully saturated rings. The van der Waals surface area contributed by atoms with Gasteiger partial charge in [0.25, 0.3) is 0 Å². The molecule has 3 aliphatic rings. The molecule has 0 bridgehead atoms. The van der Waals surface area contributed by atoms with Gasteiger partial charge in [-0.1, -0.05) is 0 Å². The highest BCUT2D eigenvalue weighted by molar-refractivity contribution is 5.82. The number of amides is 1. The van der Waals surface area contributed by atoms with Gasteiger partial charge in [0.15, 0.2) is 0 Å². The summed E-state index contributed by atoms with van der Waals surface area (Å²) in [6, 6.07) is 6.25. The van der Waals surface area contributed by atoms with Crippen LogP contribution in [-0.4, -0.2) is 69.5 Å². The van der Waals surface area contributed by atoms with Gasteiger partial charge in [0.1, 0.15) is 12.4 Å². The number of fused-ring (bicyclic) bond motifs is 2. The first-order valence-electron chi connectivity index (χ1n) is 11.0. The Kier molecular flexibility index (Phi) is 7.24. The molecule has 0 spiro atoms. The Morgan fingerprint density at radius 3 is 2.83 bits per heavy atom. The quantitative estimate of drug-likeness (QED) is 0.805. The van der Waals surface area contributed by atoms with Crippen LogP contribution in [0.15, 0.2) is 18.2 Å². The molecule has 4 rings (SSSR count). The van der Waals surface area contributed by atoms with Crippen LogP contribution in [0.4, 0.5) is 5.69 Å². The summed E-state index contributed by atoms with van der Waals surface area (Å²) in [6.45, 7) is 6.46. The first-order valence-corrected chi connectivity index (χ1v) is 11.0. The second-order valence-electron chi connectivity index (χ2n) is 8.14. The average Bonchev–Trinajstić information content (AvgIpc) is 3.21. The number of rotatable bonds is 3. The van der Waals surface area contributed by atoms with Gasteiger partial charge in [-0.15, -0.1) is 0 Å². The monoisotopic (exact) mass is 403 g/mol. The fourth-order valence-electron chi connectivity index (χ4n) is 4.37. The summed E-state index contributed by atoms with van der Waals surface area (Å²) in [5.74, 6) is 1.66. The lowest BCUT2D eigenvalue weighted by molar-refractivity contribution is -0.125. The zero-order chi connectivity index (χ0) is 19.9. The van der Waals surface area contributed by atoms with Gasteiger partial charge in [-0.3, -0.25) is 9.69 Å². The van der Waals surface area contributed by atoms with Gasteiger partial charge in [0.05, 0.1) is 19.3 Å². The van der Waals surface area contributed by atoms with E-state index in [0.717, 1.165) is 75.5 Å². The standard InChI is InChI=1S/C22H33N3O4/c26-22-20-2-1-8-25(20)16-18-14-19(24-15-17-5-9-27-10-6-17)3-4-21(18)29-13-12-28-11-7-23-22/h3-4,14,17,20,24H,1-2,5-13,15-16H2,(H,23,26). The Hall–Kier alpha value is -1.83. The molecule has 160 valence electrons. The van der Waals surface area contributed by atoms with E-state index in [1.807, 2.05) is 6.07 Å². The highest BCUT2D eigenvalue weighted by Crippen LogP contribution is 2.28. The lowest BCUT2D eigenvalue weighted by Gasteiger charge is -2.25. The number of carbonyl (C=O) groups excluding carboxylic acids is 1. The van der Waals surface area contributed by atoms with Gasteiger partial charge in [-0.25, -0.2) is 0 Å². The molecule has 1 aromatic carbocycles. The van der Waals surface area contributed by atoms with Crippen LogP contribution in [0.2, 0.25) is 0 Å². The van der Waals surface area contributed by atoms with Crippen LogP contribution in [0.1, 0.15) is 31.2 Å².